The molecular weight excluding hydrogens is 440 g/mol. The van der Waals surface area contributed by atoms with Crippen molar-refractivity contribution < 1.29 is 38.7 Å². The van der Waals surface area contributed by atoms with Crippen LogP contribution in [0.3, 0.4) is 0 Å². The number of rotatable bonds is 9. The van der Waals surface area contributed by atoms with Crippen LogP contribution in [-0.4, -0.2) is 67.8 Å². The van der Waals surface area contributed by atoms with Gasteiger partial charge in [-0.05, 0) is 36.2 Å². The Morgan fingerprint density at radius 3 is 2.59 bits per heavy atom. The number of Topliss-reactive ketones (excluding diaryl/α,β-unsaturated/α-hetero) is 1. The molecule has 0 amide bonds. The average molecular weight is 473 g/mol. The molecule has 2 aromatic carbocycles. The zero-order valence-corrected chi connectivity index (χ0v) is 19.6. The summed E-state index contributed by atoms with van der Waals surface area (Å²) in [4.78, 5) is 12.1. The molecule has 2 aromatic rings. The van der Waals surface area contributed by atoms with E-state index in [4.69, 9.17) is 23.7 Å². The van der Waals surface area contributed by atoms with Gasteiger partial charge in [0, 0.05) is 30.9 Å². The number of aliphatic hydroxyl groups excluding tert-OH is 2. The molecule has 2 aliphatic rings. The molecule has 8 heteroatoms. The Balaban J connectivity index is 1.58. The maximum absolute atomic E-state index is 12.1. The summed E-state index contributed by atoms with van der Waals surface area (Å²) in [5.41, 5.74) is 2.69. The Labute approximate surface area is 199 Å². The minimum Gasteiger partial charge on any atom is -0.496 e. The fourth-order valence-electron chi connectivity index (χ4n) is 4.38. The molecule has 0 spiro atoms. The van der Waals surface area contributed by atoms with E-state index >= 15 is 0 Å². The lowest BCUT2D eigenvalue weighted by Gasteiger charge is -2.32. The van der Waals surface area contributed by atoms with E-state index in [2.05, 4.69) is 0 Å². The molecule has 2 saturated heterocycles. The van der Waals surface area contributed by atoms with Gasteiger partial charge < -0.3 is 33.9 Å². The van der Waals surface area contributed by atoms with Crippen LogP contribution in [0.5, 0.6) is 17.2 Å². The monoisotopic (exact) mass is 472 g/mol. The van der Waals surface area contributed by atoms with E-state index in [-0.39, 0.29) is 12.5 Å². The van der Waals surface area contributed by atoms with Crippen molar-refractivity contribution >= 4 is 5.78 Å². The smallest absolute Gasteiger partial charge is 0.192 e. The predicted octanol–water partition coefficient (Wildman–Crippen LogP) is 2.60. The minimum atomic E-state index is -1.20. The minimum absolute atomic E-state index is 0.0953. The summed E-state index contributed by atoms with van der Waals surface area (Å²) in [5, 5.41) is 19.8. The Hall–Kier alpha value is -2.65. The molecule has 34 heavy (non-hydrogen) atoms. The summed E-state index contributed by atoms with van der Waals surface area (Å²) in [6.45, 7) is 3.18. The number of carbonyl (C=O) groups is 1. The van der Waals surface area contributed by atoms with Crippen molar-refractivity contribution in [2.75, 3.05) is 33.5 Å². The molecule has 2 heterocycles. The summed E-state index contributed by atoms with van der Waals surface area (Å²) < 4.78 is 28.6. The first-order valence-electron chi connectivity index (χ1n) is 11.7. The molecule has 0 aliphatic carbocycles. The second kappa shape index (κ2) is 11.2. The van der Waals surface area contributed by atoms with Crippen molar-refractivity contribution in [3.8, 4) is 17.2 Å². The van der Waals surface area contributed by atoms with Gasteiger partial charge in [0.25, 0.3) is 0 Å². The first kappa shape index (κ1) is 24.5. The molecule has 0 radical (unpaired) electrons. The second-order valence-corrected chi connectivity index (χ2v) is 8.51. The summed E-state index contributed by atoms with van der Waals surface area (Å²) in [6.07, 6.45) is -1.18. The number of benzene rings is 2. The van der Waals surface area contributed by atoms with Gasteiger partial charge in [-0.25, -0.2) is 0 Å². The van der Waals surface area contributed by atoms with Gasteiger partial charge in [-0.3, -0.25) is 4.79 Å². The topological polar surface area (TPSA) is 104 Å². The van der Waals surface area contributed by atoms with Crippen LogP contribution in [0.2, 0.25) is 0 Å². The van der Waals surface area contributed by atoms with Crippen LogP contribution in [-0.2, 0) is 20.7 Å². The largest absolute Gasteiger partial charge is 0.496 e. The molecule has 0 bridgehead atoms. The summed E-state index contributed by atoms with van der Waals surface area (Å²) >= 11 is 0. The fraction of sp³-hybridized carbons (Fsp3) is 0.500. The molecule has 184 valence electrons. The number of hydrogen-bond donors (Lipinski definition) is 2. The standard InChI is InChI=1S/C26H32O8/c1-3-32-23-13-22(30-2)17(11-20(23)24-12-21(28)26(29)25(14-27)34-24)10-16-4-6-18(7-5-16)33-19-8-9-31-15-19/h4-7,11,13,19,21,24-25,27-28H,3,8-10,12,14-15H2,1-2H3/t19-,21?,24+,25+/m0/s1. The van der Waals surface area contributed by atoms with E-state index in [0.717, 1.165) is 29.9 Å². The third kappa shape index (κ3) is 5.52. The van der Waals surface area contributed by atoms with Gasteiger partial charge in [-0.1, -0.05) is 12.1 Å². The second-order valence-electron chi connectivity index (χ2n) is 8.51. The number of ether oxygens (including phenoxy) is 5. The van der Waals surface area contributed by atoms with Crippen molar-refractivity contribution in [3.05, 3.63) is 53.1 Å². The van der Waals surface area contributed by atoms with Gasteiger partial charge in [-0.2, -0.15) is 0 Å². The lowest BCUT2D eigenvalue weighted by Crippen LogP contribution is -2.43. The molecule has 2 aliphatic heterocycles. The molecule has 0 aromatic heterocycles. The third-order valence-corrected chi connectivity index (χ3v) is 6.15. The zero-order valence-electron chi connectivity index (χ0n) is 19.6. The highest BCUT2D eigenvalue weighted by Crippen LogP contribution is 2.40. The van der Waals surface area contributed by atoms with E-state index in [1.807, 2.05) is 43.3 Å². The Bertz CT molecular complexity index is 968. The van der Waals surface area contributed by atoms with E-state index in [9.17, 15) is 15.0 Å². The van der Waals surface area contributed by atoms with Gasteiger partial charge in [0.1, 0.15) is 35.6 Å². The van der Waals surface area contributed by atoms with Gasteiger partial charge in [-0.15, -0.1) is 0 Å². The average Bonchev–Trinajstić information content (AvgIpc) is 3.36. The quantitative estimate of drug-likeness (QED) is 0.574. The maximum Gasteiger partial charge on any atom is 0.192 e. The van der Waals surface area contributed by atoms with Crippen molar-refractivity contribution in [1.82, 2.24) is 0 Å². The van der Waals surface area contributed by atoms with Crippen molar-refractivity contribution in [2.24, 2.45) is 0 Å². The van der Waals surface area contributed by atoms with E-state index < -0.39 is 30.7 Å². The highest BCUT2D eigenvalue weighted by Gasteiger charge is 2.38. The third-order valence-electron chi connectivity index (χ3n) is 6.15. The van der Waals surface area contributed by atoms with Gasteiger partial charge in [0.2, 0.25) is 0 Å². The number of carbonyl (C=O) groups excluding carboxylic acids is 1. The number of methoxy groups -OCH3 is 1. The van der Waals surface area contributed by atoms with E-state index in [0.29, 0.717) is 36.7 Å². The molecule has 4 atom stereocenters. The normalized spacial score (nSPS) is 24.8. The Kier molecular flexibility index (Phi) is 8.05. The molecule has 2 N–H and O–H groups in total. The van der Waals surface area contributed by atoms with Crippen LogP contribution < -0.4 is 14.2 Å². The molecular formula is C26H32O8. The number of aliphatic hydroxyl groups is 2. The molecule has 8 nitrogen and oxygen atoms in total. The van der Waals surface area contributed by atoms with Crippen LogP contribution in [0, 0.1) is 0 Å². The highest BCUT2D eigenvalue weighted by molar-refractivity contribution is 5.88. The van der Waals surface area contributed by atoms with Crippen molar-refractivity contribution in [3.63, 3.8) is 0 Å². The van der Waals surface area contributed by atoms with Gasteiger partial charge in [0.05, 0.1) is 39.6 Å². The molecule has 4 rings (SSSR count). The van der Waals surface area contributed by atoms with Crippen LogP contribution in [0.1, 0.15) is 42.6 Å². The Morgan fingerprint density at radius 1 is 1.15 bits per heavy atom. The maximum atomic E-state index is 12.1. The van der Waals surface area contributed by atoms with Crippen LogP contribution in [0.15, 0.2) is 36.4 Å². The Morgan fingerprint density at radius 2 is 1.94 bits per heavy atom. The van der Waals surface area contributed by atoms with Crippen LogP contribution >= 0.6 is 0 Å². The van der Waals surface area contributed by atoms with Crippen molar-refractivity contribution in [1.29, 1.82) is 0 Å². The summed E-state index contributed by atoms with van der Waals surface area (Å²) in [7, 11) is 1.61. The molecule has 1 unspecified atom stereocenters. The van der Waals surface area contributed by atoms with Crippen LogP contribution in [0.4, 0.5) is 0 Å². The lowest BCUT2D eigenvalue weighted by molar-refractivity contribution is -0.162. The van der Waals surface area contributed by atoms with Gasteiger partial charge >= 0.3 is 0 Å². The first-order chi connectivity index (χ1) is 16.5. The van der Waals surface area contributed by atoms with Crippen molar-refractivity contribution in [2.45, 2.75) is 50.6 Å². The SMILES string of the molecule is CCOc1cc(OC)c(Cc2ccc(O[C@H]3CCOC3)cc2)cc1[C@H]1CC(O)C(=O)[C@@H](CO)O1. The van der Waals surface area contributed by atoms with E-state index in [1.54, 1.807) is 7.11 Å². The molecule has 0 saturated carbocycles. The highest BCUT2D eigenvalue weighted by atomic mass is 16.5. The lowest BCUT2D eigenvalue weighted by atomic mass is 9.92. The predicted molar refractivity (Wildman–Crippen MR) is 124 cm³/mol. The first-order valence-corrected chi connectivity index (χ1v) is 11.7. The van der Waals surface area contributed by atoms with Gasteiger partial charge in [0.15, 0.2) is 5.78 Å². The van der Waals surface area contributed by atoms with Crippen LogP contribution in [0.25, 0.3) is 0 Å². The summed E-state index contributed by atoms with van der Waals surface area (Å²) in [5.74, 6) is 1.54. The van der Waals surface area contributed by atoms with E-state index in [1.165, 1.54) is 0 Å². The summed E-state index contributed by atoms with van der Waals surface area (Å²) in [6, 6.07) is 11.7. The fourth-order valence-corrected chi connectivity index (χ4v) is 4.38. The number of hydrogen-bond acceptors (Lipinski definition) is 8. The zero-order chi connectivity index (χ0) is 24.1. The molecule has 2 fully saturated rings. The number of ketones is 1.